The number of benzene rings is 1. The minimum absolute atomic E-state index is 0.578. The van der Waals surface area contributed by atoms with Gasteiger partial charge in [0, 0.05) is 43.8 Å². The van der Waals surface area contributed by atoms with Gasteiger partial charge in [-0.15, -0.1) is 0 Å². The van der Waals surface area contributed by atoms with E-state index in [1.807, 2.05) is 18.2 Å². The van der Waals surface area contributed by atoms with E-state index < -0.39 is 0 Å². The van der Waals surface area contributed by atoms with Gasteiger partial charge in [-0.1, -0.05) is 0 Å². The summed E-state index contributed by atoms with van der Waals surface area (Å²) in [6.45, 7) is 2.52. The summed E-state index contributed by atoms with van der Waals surface area (Å²) in [5.74, 6) is 1.37. The van der Waals surface area contributed by atoms with Crippen LogP contribution in [0, 0.1) is 0 Å². The molecule has 0 radical (unpaired) electrons. The monoisotopic (exact) mass is 289 g/mol. The molecule has 2 N–H and O–H groups in total. The number of hydrogen-bond donors (Lipinski definition) is 1. The van der Waals surface area contributed by atoms with Crippen LogP contribution in [-0.4, -0.2) is 44.3 Å². The molecule has 0 aliphatic carbocycles. The smallest absolute Gasteiger partial charge is 0.128 e. The van der Waals surface area contributed by atoms with Gasteiger partial charge in [-0.25, -0.2) is 4.98 Å². The number of nitrogens with zero attached hydrogens (tertiary/aromatic N) is 2. The topological polar surface area (TPSA) is 60.6 Å². The average molecular weight is 289 g/mol. The van der Waals surface area contributed by atoms with Crippen molar-refractivity contribution in [2.45, 2.75) is 13.0 Å². The summed E-state index contributed by atoms with van der Waals surface area (Å²) in [6.07, 6.45) is 1.01. The molecule has 2 rings (SSSR count). The molecule has 0 aliphatic rings. The summed E-state index contributed by atoms with van der Waals surface area (Å²) in [5.41, 5.74) is 7.99. The van der Waals surface area contributed by atoms with Gasteiger partial charge >= 0.3 is 0 Å². The lowest BCUT2D eigenvalue weighted by atomic mass is 10.1. The molecule has 5 heteroatoms. The molecule has 0 saturated heterocycles. The van der Waals surface area contributed by atoms with Gasteiger partial charge in [-0.2, -0.15) is 0 Å². The fourth-order valence-corrected chi connectivity index (χ4v) is 2.31. The van der Waals surface area contributed by atoms with Crippen molar-refractivity contribution in [1.29, 1.82) is 0 Å². The molecule has 0 atom stereocenters. The minimum atomic E-state index is 0.578. The predicted molar refractivity (Wildman–Crippen MR) is 85.5 cm³/mol. The van der Waals surface area contributed by atoms with Gasteiger partial charge in [0.1, 0.15) is 11.6 Å². The van der Waals surface area contributed by atoms with Crippen LogP contribution in [-0.2, 0) is 11.3 Å². The molecule has 1 heterocycles. The fourth-order valence-electron chi connectivity index (χ4n) is 2.31. The standard InChI is InChI=1S/C16H23N3O2/c1-19(7-4-8-20-2)11-13-9-12-5-6-14(21-3)10-15(12)18-16(13)17/h5-6,9-10H,4,7-8,11H2,1-3H3,(H2,17,18). The number of hydrogen-bond acceptors (Lipinski definition) is 5. The van der Waals surface area contributed by atoms with Gasteiger partial charge in [0.05, 0.1) is 12.6 Å². The van der Waals surface area contributed by atoms with Crippen LogP contribution in [0.4, 0.5) is 5.82 Å². The normalized spacial score (nSPS) is 11.2. The molecule has 1 aromatic heterocycles. The lowest BCUT2D eigenvalue weighted by Gasteiger charge is -2.17. The number of nitrogens with two attached hydrogens (primary N) is 1. The molecule has 0 unspecified atom stereocenters. The SMILES string of the molecule is COCCCN(C)Cc1cc2ccc(OC)cc2nc1N. The summed E-state index contributed by atoms with van der Waals surface area (Å²) in [6, 6.07) is 7.95. The van der Waals surface area contributed by atoms with Gasteiger partial charge in [0.25, 0.3) is 0 Å². The Morgan fingerprint density at radius 3 is 2.76 bits per heavy atom. The van der Waals surface area contributed by atoms with E-state index in [1.165, 1.54) is 0 Å². The Balaban J connectivity index is 2.15. The molecule has 5 nitrogen and oxygen atoms in total. The zero-order valence-electron chi connectivity index (χ0n) is 12.9. The van der Waals surface area contributed by atoms with Gasteiger partial charge < -0.3 is 20.1 Å². The largest absolute Gasteiger partial charge is 0.497 e. The second kappa shape index (κ2) is 7.24. The Hall–Kier alpha value is -1.85. The van der Waals surface area contributed by atoms with Crippen molar-refractivity contribution >= 4 is 16.7 Å². The Bertz CT molecular complexity index is 601. The van der Waals surface area contributed by atoms with Crippen molar-refractivity contribution in [3.8, 4) is 5.75 Å². The van der Waals surface area contributed by atoms with Crippen LogP contribution in [0.5, 0.6) is 5.75 Å². The number of aromatic nitrogens is 1. The van der Waals surface area contributed by atoms with Crippen LogP contribution < -0.4 is 10.5 Å². The maximum atomic E-state index is 6.08. The molecule has 0 saturated carbocycles. The van der Waals surface area contributed by atoms with Gasteiger partial charge in [0.2, 0.25) is 0 Å². The van der Waals surface area contributed by atoms with E-state index in [1.54, 1.807) is 14.2 Å². The number of pyridine rings is 1. The number of methoxy groups -OCH3 is 2. The third-order valence-electron chi connectivity index (χ3n) is 3.47. The summed E-state index contributed by atoms with van der Waals surface area (Å²) in [4.78, 5) is 6.70. The lowest BCUT2D eigenvalue weighted by molar-refractivity contribution is 0.178. The van der Waals surface area contributed by atoms with Crippen LogP contribution in [0.15, 0.2) is 24.3 Å². The predicted octanol–water partition coefficient (Wildman–Crippen LogP) is 2.29. The highest BCUT2D eigenvalue weighted by molar-refractivity contribution is 5.82. The van der Waals surface area contributed by atoms with E-state index >= 15 is 0 Å². The van der Waals surface area contributed by atoms with E-state index in [2.05, 4.69) is 23.0 Å². The number of fused-ring (bicyclic) bond motifs is 1. The van der Waals surface area contributed by atoms with E-state index in [0.717, 1.165) is 48.3 Å². The van der Waals surface area contributed by atoms with Crippen molar-refractivity contribution in [2.75, 3.05) is 40.2 Å². The van der Waals surface area contributed by atoms with Crippen molar-refractivity contribution in [3.63, 3.8) is 0 Å². The zero-order valence-corrected chi connectivity index (χ0v) is 12.9. The molecule has 0 fully saturated rings. The first-order valence-corrected chi connectivity index (χ1v) is 7.04. The molecule has 0 bridgehead atoms. The summed E-state index contributed by atoms with van der Waals surface area (Å²) in [5, 5.41) is 1.07. The molecular weight excluding hydrogens is 266 g/mol. The van der Waals surface area contributed by atoms with E-state index in [-0.39, 0.29) is 0 Å². The van der Waals surface area contributed by atoms with Gasteiger partial charge in [0.15, 0.2) is 0 Å². The summed E-state index contributed by atoms with van der Waals surface area (Å²) < 4.78 is 10.3. The van der Waals surface area contributed by atoms with Crippen LogP contribution in [0.1, 0.15) is 12.0 Å². The van der Waals surface area contributed by atoms with E-state index in [9.17, 15) is 0 Å². The average Bonchev–Trinajstić information content (AvgIpc) is 2.48. The van der Waals surface area contributed by atoms with Crippen molar-refractivity contribution in [1.82, 2.24) is 9.88 Å². The van der Waals surface area contributed by atoms with Crippen molar-refractivity contribution < 1.29 is 9.47 Å². The highest BCUT2D eigenvalue weighted by atomic mass is 16.5. The van der Waals surface area contributed by atoms with E-state index in [0.29, 0.717) is 5.82 Å². The molecule has 2 aromatic rings. The third-order valence-corrected chi connectivity index (χ3v) is 3.47. The molecule has 114 valence electrons. The zero-order chi connectivity index (χ0) is 15.2. The molecule has 0 aliphatic heterocycles. The number of ether oxygens (including phenoxy) is 2. The first-order chi connectivity index (χ1) is 10.1. The molecule has 21 heavy (non-hydrogen) atoms. The molecule has 0 amide bonds. The van der Waals surface area contributed by atoms with Crippen molar-refractivity contribution in [3.05, 3.63) is 29.8 Å². The first kappa shape index (κ1) is 15.5. The Morgan fingerprint density at radius 1 is 1.24 bits per heavy atom. The fraction of sp³-hybridized carbons (Fsp3) is 0.438. The number of rotatable bonds is 7. The molecular formula is C16H23N3O2. The van der Waals surface area contributed by atoms with Gasteiger partial charge in [-0.05, 0) is 31.7 Å². The highest BCUT2D eigenvalue weighted by Gasteiger charge is 2.08. The minimum Gasteiger partial charge on any atom is -0.497 e. The van der Waals surface area contributed by atoms with Crippen LogP contribution in [0.25, 0.3) is 10.9 Å². The van der Waals surface area contributed by atoms with Crippen LogP contribution in [0.3, 0.4) is 0 Å². The van der Waals surface area contributed by atoms with Crippen LogP contribution >= 0.6 is 0 Å². The highest BCUT2D eigenvalue weighted by Crippen LogP contribution is 2.23. The van der Waals surface area contributed by atoms with Gasteiger partial charge in [-0.3, -0.25) is 0 Å². The first-order valence-electron chi connectivity index (χ1n) is 7.04. The second-order valence-corrected chi connectivity index (χ2v) is 5.18. The molecule has 1 aromatic carbocycles. The molecule has 0 spiro atoms. The third kappa shape index (κ3) is 4.06. The second-order valence-electron chi connectivity index (χ2n) is 5.18. The lowest BCUT2D eigenvalue weighted by Crippen LogP contribution is -2.21. The van der Waals surface area contributed by atoms with Crippen molar-refractivity contribution in [2.24, 2.45) is 0 Å². The number of nitrogen functional groups attached to an aromatic ring is 1. The Labute approximate surface area is 125 Å². The number of anilines is 1. The Morgan fingerprint density at radius 2 is 2.05 bits per heavy atom. The summed E-state index contributed by atoms with van der Waals surface area (Å²) >= 11 is 0. The van der Waals surface area contributed by atoms with E-state index in [4.69, 9.17) is 15.2 Å². The summed E-state index contributed by atoms with van der Waals surface area (Å²) in [7, 11) is 5.45. The maximum Gasteiger partial charge on any atom is 0.128 e. The Kier molecular flexibility index (Phi) is 5.36. The maximum absolute atomic E-state index is 6.08. The van der Waals surface area contributed by atoms with Crippen LogP contribution in [0.2, 0.25) is 0 Å². The quantitative estimate of drug-likeness (QED) is 0.792.